The summed E-state index contributed by atoms with van der Waals surface area (Å²) in [6.45, 7) is 22.3. The Kier molecular flexibility index (Phi) is 10.7. The van der Waals surface area contributed by atoms with Gasteiger partial charge < -0.3 is 19.5 Å². The molecule has 0 atom stereocenters. The highest BCUT2D eigenvalue weighted by Crippen LogP contribution is 2.38. The number of ether oxygens (including phenoxy) is 1. The maximum Gasteiger partial charge on any atom is 0.251 e. The minimum absolute atomic E-state index is 0.0131. The highest BCUT2D eigenvalue weighted by molar-refractivity contribution is 6.76. The van der Waals surface area contributed by atoms with Crippen molar-refractivity contribution < 1.29 is 14.3 Å². The van der Waals surface area contributed by atoms with Crippen molar-refractivity contribution >= 4 is 30.9 Å². The molecule has 1 N–H and O–H groups in total. The Balaban J connectivity index is 1.39. The number of amides is 2. The van der Waals surface area contributed by atoms with Crippen LogP contribution in [-0.4, -0.2) is 59.0 Å². The summed E-state index contributed by atoms with van der Waals surface area (Å²) < 4.78 is 8.30. The molecule has 1 saturated heterocycles. The van der Waals surface area contributed by atoms with Crippen LogP contribution in [0.4, 0.5) is 0 Å². The number of piperidine rings is 1. The van der Waals surface area contributed by atoms with Crippen molar-refractivity contribution in [3.05, 3.63) is 95.5 Å². The van der Waals surface area contributed by atoms with Gasteiger partial charge in [0.25, 0.3) is 5.91 Å². The summed E-state index contributed by atoms with van der Waals surface area (Å²) in [6.07, 6.45) is 6.95. The molecule has 0 saturated carbocycles. The summed E-state index contributed by atoms with van der Waals surface area (Å²) in [7, 11) is -1.21. The van der Waals surface area contributed by atoms with E-state index < -0.39 is 8.07 Å². The van der Waals surface area contributed by atoms with Crippen molar-refractivity contribution in [2.24, 2.45) is 0 Å². The highest BCUT2D eigenvalue weighted by Gasteiger charge is 2.28. The standard InChI is InChI=1S/C39H51N5O3Si/c1-9-34(45)43-18-16-28(17-19-43)33-24-44(26-47-20-21-48(6,7)8)37-35(33)36(41-25-42-37)30-10-11-31(27(2)22-30)23-40-38(46)29-12-14-32(15-13-29)39(3,4)5/h9-15,22,24-25,28H,1,16-21,23,26H2,2-8H3,(H,40,46). The number of aromatic nitrogens is 3. The van der Waals surface area contributed by atoms with E-state index in [2.05, 4.69) is 88.2 Å². The van der Waals surface area contributed by atoms with E-state index in [-0.39, 0.29) is 23.1 Å². The van der Waals surface area contributed by atoms with Crippen LogP contribution in [0.25, 0.3) is 22.3 Å². The van der Waals surface area contributed by atoms with Gasteiger partial charge in [-0.2, -0.15) is 0 Å². The van der Waals surface area contributed by atoms with Gasteiger partial charge >= 0.3 is 0 Å². The summed E-state index contributed by atoms with van der Waals surface area (Å²) in [5, 5.41) is 4.14. The third-order valence-corrected chi connectivity index (χ3v) is 11.1. The van der Waals surface area contributed by atoms with E-state index in [1.165, 1.54) is 17.2 Å². The van der Waals surface area contributed by atoms with E-state index in [0.29, 0.717) is 31.9 Å². The van der Waals surface area contributed by atoms with Gasteiger partial charge in [0.15, 0.2) is 0 Å². The first-order chi connectivity index (χ1) is 22.7. The molecule has 9 heteroatoms. The summed E-state index contributed by atoms with van der Waals surface area (Å²) in [4.78, 5) is 36.7. The number of fused-ring (bicyclic) bond motifs is 1. The van der Waals surface area contributed by atoms with Gasteiger partial charge in [0, 0.05) is 57.0 Å². The van der Waals surface area contributed by atoms with Crippen LogP contribution in [0.1, 0.15) is 72.1 Å². The fourth-order valence-corrected chi connectivity index (χ4v) is 7.06. The second-order valence-electron chi connectivity index (χ2n) is 15.3. The lowest BCUT2D eigenvalue weighted by Crippen LogP contribution is -2.36. The molecular formula is C39H51N5O3Si. The van der Waals surface area contributed by atoms with Crippen LogP contribution < -0.4 is 5.32 Å². The predicted molar refractivity (Wildman–Crippen MR) is 197 cm³/mol. The fourth-order valence-electron chi connectivity index (χ4n) is 6.30. The zero-order chi connectivity index (χ0) is 34.6. The molecule has 0 spiro atoms. The molecule has 2 aromatic heterocycles. The van der Waals surface area contributed by atoms with Crippen molar-refractivity contribution in [1.29, 1.82) is 0 Å². The maximum absolute atomic E-state index is 13.0. The van der Waals surface area contributed by atoms with E-state index in [4.69, 9.17) is 14.7 Å². The molecule has 1 aliphatic heterocycles. The van der Waals surface area contributed by atoms with Crippen molar-refractivity contribution in [3.63, 3.8) is 0 Å². The second-order valence-corrected chi connectivity index (χ2v) is 20.9. The summed E-state index contributed by atoms with van der Waals surface area (Å²) in [6, 6.07) is 15.3. The van der Waals surface area contributed by atoms with Crippen LogP contribution in [0.5, 0.6) is 0 Å². The van der Waals surface area contributed by atoms with Gasteiger partial charge in [0.1, 0.15) is 18.7 Å². The van der Waals surface area contributed by atoms with Gasteiger partial charge in [0.05, 0.1) is 5.69 Å². The monoisotopic (exact) mass is 665 g/mol. The topological polar surface area (TPSA) is 89.3 Å². The van der Waals surface area contributed by atoms with E-state index >= 15 is 0 Å². The zero-order valence-electron chi connectivity index (χ0n) is 29.7. The quantitative estimate of drug-likeness (QED) is 0.100. The number of aryl methyl sites for hydroxylation is 1. The Bertz CT molecular complexity index is 1770. The number of benzene rings is 2. The first kappa shape index (κ1) is 35.2. The van der Waals surface area contributed by atoms with Gasteiger partial charge in [-0.25, -0.2) is 9.97 Å². The molecule has 3 heterocycles. The van der Waals surface area contributed by atoms with Gasteiger partial charge in [-0.15, -0.1) is 0 Å². The normalized spacial score (nSPS) is 14.4. The molecule has 0 radical (unpaired) electrons. The molecule has 2 amide bonds. The Labute approximate surface area is 286 Å². The molecule has 254 valence electrons. The SMILES string of the molecule is C=CC(=O)N1CCC(c2cn(COCC[Si](C)(C)C)c3ncnc(-c4ccc(CNC(=O)c5ccc(C(C)(C)C)cc5)c(C)c4)c23)CC1. The van der Waals surface area contributed by atoms with E-state index in [0.717, 1.165) is 58.9 Å². The molecule has 0 unspecified atom stereocenters. The van der Waals surface area contributed by atoms with Crippen molar-refractivity contribution in [2.45, 2.75) is 90.8 Å². The average Bonchev–Trinajstić information content (AvgIpc) is 3.43. The largest absolute Gasteiger partial charge is 0.361 e. The summed E-state index contributed by atoms with van der Waals surface area (Å²) in [5.41, 5.74) is 7.98. The Morgan fingerprint density at radius 1 is 1.06 bits per heavy atom. The Hall–Kier alpha value is -4.08. The number of rotatable bonds is 11. The smallest absolute Gasteiger partial charge is 0.251 e. The van der Waals surface area contributed by atoms with Gasteiger partial charge in [-0.3, -0.25) is 9.59 Å². The molecule has 1 aliphatic rings. The van der Waals surface area contributed by atoms with E-state index in [1.807, 2.05) is 29.2 Å². The van der Waals surface area contributed by atoms with Crippen LogP contribution >= 0.6 is 0 Å². The van der Waals surface area contributed by atoms with Crippen LogP contribution in [0.3, 0.4) is 0 Å². The third kappa shape index (κ3) is 8.31. The number of likely N-dealkylation sites (tertiary alicyclic amines) is 1. The molecule has 2 aromatic carbocycles. The van der Waals surface area contributed by atoms with Crippen LogP contribution in [0.2, 0.25) is 25.7 Å². The number of nitrogens with one attached hydrogen (secondary N) is 1. The van der Waals surface area contributed by atoms with Crippen LogP contribution in [0, 0.1) is 6.92 Å². The number of carbonyl (C=O) groups excluding carboxylic acids is 2. The molecule has 5 rings (SSSR count). The predicted octanol–water partition coefficient (Wildman–Crippen LogP) is 7.84. The summed E-state index contributed by atoms with van der Waals surface area (Å²) >= 11 is 0. The molecule has 8 nitrogen and oxygen atoms in total. The minimum atomic E-state index is -1.21. The first-order valence-electron chi connectivity index (χ1n) is 17.1. The van der Waals surface area contributed by atoms with E-state index in [9.17, 15) is 9.59 Å². The molecule has 0 aliphatic carbocycles. The molecule has 4 aromatic rings. The second kappa shape index (κ2) is 14.6. The number of carbonyl (C=O) groups is 2. The lowest BCUT2D eigenvalue weighted by molar-refractivity contribution is -0.127. The summed E-state index contributed by atoms with van der Waals surface area (Å²) in [5.74, 6) is 0.165. The van der Waals surface area contributed by atoms with Gasteiger partial charge in [0.2, 0.25) is 5.91 Å². The van der Waals surface area contributed by atoms with Gasteiger partial charge in [-0.05, 0) is 83.7 Å². The molecule has 48 heavy (non-hydrogen) atoms. The third-order valence-electron chi connectivity index (χ3n) is 9.40. The maximum atomic E-state index is 13.0. The number of hydrogen-bond acceptors (Lipinski definition) is 5. The molecule has 1 fully saturated rings. The van der Waals surface area contributed by atoms with E-state index in [1.54, 1.807) is 6.33 Å². The Morgan fingerprint density at radius 2 is 1.77 bits per heavy atom. The highest BCUT2D eigenvalue weighted by atomic mass is 28.3. The fraction of sp³-hybridized carbons (Fsp3) is 0.436. The van der Waals surface area contributed by atoms with Crippen LogP contribution in [-0.2, 0) is 28.2 Å². The van der Waals surface area contributed by atoms with Gasteiger partial charge in [-0.1, -0.05) is 71.3 Å². The van der Waals surface area contributed by atoms with Crippen LogP contribution in [0.15, 0.2) is 67.6 Å². The number of hydrogen-bond donors (Lipinski definition) is 1. The van der Waals surface area contributed by atoms with Crippen molar-refractivity contribution in [3.8, 4) is 11.3 Å². The first-order valence-corrected chi connectivity index (χ1v) is 20.8. The minimum Gasteiger partial charge on any atom is -0.361 e. The molecule has 0 bridgehead atoms. The van der Waals surface area contributed by atoms with Crippen molar-refractivity contribution in [1.82, 2.24) is 24.8 Å². The zero-order valence-corrected chi connectivity index (χ0v) is 30.7. The average molecular weight is 666 g/mol. The Morgan fingerprint density at radius 3 is 2.40 bits per heavy atom. The molecular weight excluding hydrogens is 615 g/mol. The lowest BCUT2D eigenvalue weighted by Gasteiger charge is -2.31. The van der Waals surface area contributed by atoms with Crippen molar-refractivity contribution in [2.75, 3.05) is 19.7 Å². The number of nitrogens with zero attached hydrogens (tertiary/aromatic N) is 4. The lowest BCUT2D eigenvalue weighted by atomic mass is 9.87.